The maximum Gasteiger partial charge on any atom is 0.224 e. The molecule has 0 spiro atoms. The Bertz CT molecular complexity index is 417. The number of nitrogens with one attached hydrogen (secondary N) is 1. The average molecular weight is 290 g/mol. The van der Waals surface area contributed by atoms with Gasteiger partial charge in [-0.05, 0) is 19.3 Å². The summed E-state index contributed by atoms with van der Waals surface area (Å²) in [5.74, 6) is 0.157. The van der Waals surface area contributed by atoms with Gasteiger partial charge in [-0.15, -0.1) is 0 Å². The van der Waals surface area contributed by atoms with Crippen molar-refractivity contribution in [3.63, 3.8) is 0 Å². The first-order valence-corrected chi connectivity index (χ1v) is 8.62. The van der Waals surface area contributed by atoms with Crippen LogP contribution in [0.25, 0.3) is 0 Å². The van der Waals surface area contributed by atoms with Crippen LogP contribution in [-0.4, -0.2) is 57.7 Å². The summed E-state index contributed by atoms with van der Waals surface area (Å²) < 4.78 is 29.7. The van der Waals surface area contributed by atoms with Gasteiger partial charge in [0.15, 0.2) is 0 Å². The molecule has 1 N–H and O–H groups in total. The first kappa shape index (κ1) is 14.7. The van der Waals surface area contributed by atoms with E-state index in [1.165, 1.54) is 10.6 Å². The Balaban J connectivity index is 1.81. The minimum atomic E-state index is -3.19. The molecule has 0 bridgehead atoms. The third kappa shape index (κ3) is 4.15. The highest BCUT2D eigenvalue weighted by Gasteiger charge is 2.30. The van der Waals surface area contributed by atoms with E-state index in [4.69, 9.17) is 4.74 Å². The first-order valence-electron chi connectivity index (χ1n) is 6.77. The zero-order valence-electron chi connectivity index (χ0n) is 11.3. The monoisotopic (exact) mass is 290 g/mol. The van der Waals surface area contributed by atoms with Crippen LogP contribution in [0.5, 0.6) is 0 Å². The summed E-state index contributed by atoms with van der Waals surface area (Å²) in [6, 6.07) is 0. The SMILES string of the molecule is CS(=O)(=O)N1CCC[C@H](C(=O)NC[C@H]2CCOC2)C1. The van der Waals surface area contributed by atoms with Gasteiger partial charge in [-0.2, -0.15) is 0 Å². The Hall–Kier alpha value is -0.660. The fraction of sp³-hybridized carbons (Fsp3) is 0.917. The van der Waals surface area contributed by atoms with Gasteiger partial charge in [0.05, 0.1) is 18.8 Å². The number of sulfonamides is 1. The summed E-state index contributed by atoms with van der Waals surface area (Å²) in [4.78, 5) is 12.1. The van der Waals surface area contributed by atoms with Gasteiger partial charge >= 0.3 is 0 Å². The van der Waals surface area contributed by atoms with Gasteiger partial charge in [-0.3, -0.25) is 4.79 Å². The van der Waals surface area contributed by atoms with E-state index < -0.39 is 10.0 Å². The smallest absolute Gasteiger partial charge is 0.224 e. The number of hydrogen-bond donors (Lipinski definition) is 1. The quantitative estimate of drug-likeness (QED) is 0.779. The normalized spacial score (nSPS) is 29.3. The summed E-state index contributed by atoms with van der Waals surface area (Å²) in [5, 5.41) is 2.93. The molecule has 2 aliphatic rings. The molecule has 110 valence electrons. The molecule has 2 rings (SSSR count). The van der Waals surface area contributed by atoms with Crippen LogP contribution >= 0.6 is 0 Å². The van der Waals surface area contributed by atoms with Crippen molar-refractivity contribution in [2.75, 3.05) is 39.1 Å². The Morgan fingerprint density at radius 1 is 1.42 bits per heavy atom. The van der Waals surface area contributed by atoms with Crippen LogP contribution in [0.15, 0.2) is 0 Å². The average Bonchev–Trinajstić information content (AvgIpc) is 2.88. The van der Waals surface area contributed by atoms with E-state index in [1.54, 1.807) is 0 Å². The molecule has 2 atom stereocenters. The summed E-state index contributed by atoms with van der Waals surface area (Å²) in [6.07, 6.45) is 3.69. The van der Waals surface area contributed by atoms with E-state index in [0.29, 0.717) is 32.2 Å². The van der Waals surface area contributed by atoms with Crippen LogP contribution in [0.3, 0.4) is 0 Å². The lowest BCUT2D eigenvalue weighted by molar-refractivity contribution is -0.126. The fourth-order valence-corrected chi connectivity index (χ4v) is 3.50. The van der Waals surface area contributed by atoms with E-state index in [-0.39, 0.29) is 11.8 Å². The van der Waals surface area contributed by atoms with Crippen LogP contribution < -0.4 is 5.32 Å². The Morgan fingerprint density at radius 2 is 2.21 bits per heavy atom. The number of rotatable bonds is 4. The summed E-state index contributed by atoms with van der Waals surface area (Å²) >= 11 is 0. The topological polar surface area (TPSA) is 75.7 Å². The van der Waals surface area contributed by atoms with Crippen molar-refractivity contribution in [1.29, 1.82) is 0 Å². The Morgan fingerprint density at radius 3 is 2.84 bits per heavy atom. The largest absolute Gasteiger partial charge is 0.381 e. The van der Waals surface area contributed by atoms with E-state index in [0.717, 1.165) is 25.9 Å². The highest BCUT2D eigenvalue weighted by Crippen LogP contribution is 2.19. The molecular weight excluding hydrogens is 268 g/mol. The standard InChI is InChI=1S/C12H22N2O4S/c1-19(16,17)14-5-2-3-11(8-14)12(15)13-7-10-4-6-18-9-10/h10-11H,2-9H2,1H3,(H,13,15)/t10-,11+/m1/s1. The van der Waals surface area contributed by atoms with Gasteiger partial charge in [-0.25, -0.2) is 12.7 Å². The van der Waals surface area contributed by atoms with Crippen LogP contribution in [0, 0.1) is 11.8 Å². The highest BCUT2D eigenvalue weighted by atomic mass is 32.2. The van der Waals surface area contributed by atoms with Crippen molar-refractivity contribution in [3.05, 3.63) is 0 Å². The van der Waals surface area contributed by atoms with Gasteiger partial charge in [0.1, 0.15) is 0 Å². The Kier molecular flexibility index (Phi) is 4.81. The van der Waals surface area contributed by atoms with Crippen molar-refractivity contribution in [3.8, 4) is 0 Å². The van der Waals surface area contributed by atoms with Gasteiger partial charge in [0, 0.05) is 32.2 Å². The minimum Gasteiger partial charge on any atom is -0.381 e. The third-order valence-corrected chi connectivity index (χ3v) is 5.08. The van der Waals surface area contributed by atoms with Gasteiger partial charge in [0.25, 0.3) is 0 Å². The molecule has 0 aromatic rings. The van der Waals surface area contributed by atoms with Crippen LogP contribution in [0.1, 0.15) is 19.3 Å². The minimum absolute atomic E-state index is 0.0275. The van der Waals surface area contributed by atoms with Crippen molar-refractivity contribution in [1.82, 2.24) is 9.62 Å². The zero-order chi connectivity index (χ0) is 13.9. The number of carbonyl (C=O) groups excluding carboxylic acids is 1. The molecule has 0 aromatic carbocycles. The van der Waals surface area contributed by atoms with Crippen LogP contribution in [0.2, 0.25) is 0 Å². The van der Waals surface area contributed by atoms with E-state index in [1.807, 2.05) is 0 Å². The van der Waals surface area contributed by atoms with E-state index in [2.05, 4.69) is 5.32 Å². The van der Waals surface area contributed by atoms with Crippen molar-refractivity contribution >= 4 is 15.9 Å². The maximum atomic E-state index is 12.1. The van der Waals surface area contributed by atoms with Crippen LogP contribution in [0.4, 0.5) is 0 Å². The summed E-state index contributed by atoms with van der Waals surface area (Å²) in [6.45, 7) is 2.95. The number of hydrogen-bond acceptors (Lipinski definition) is 4. The maximum absolute atomic E-state index is 12.1. The molecule has 19 heavy (non-hydrogen) atoms. The molecule has 1 amide bonds. The number of amides is 1. The predicted molar refractivity (Wildman–Crippen MR) is 71.1 cm³/mol. The number of ether oxygens (including phenoxy) is 1. The summed E-state index contributed by atoms with van der Waals surface area (Å²) in [7, 11) is -3.19. The van der Waals surface area contributed by atoms with Gasteiger partial charge in [-0.1, -0.05) is 0 Å². The lowest BCUT2D eigenvalue weighted by Crippen LogP contribution is -2.45. The Labute approximate surface area is 114 Å². The molecule has 0 aromatic heterocycles. The second-order valence-electron chi connectivity index (χ2n) is 5.43. The fourth-order valence-electron chi connectivity index (χ4n) is 2.59. The van der Waals surface area contributed by atoms with Crippen LogP contribution in [-0.2, 0) is 19.6 Å². The number of carbonyl (C=O) groups is 1. The first-order chi connectivity index (χ1) is 8.97. The molecule has 6 nitrogen and oxygen atoms in total. The van der Waals surface area contributed by atoms with Crippen molar-refractivity contribution in [2.45, 2.75) is 19.3 Å². The van der Waals surface area contributed by atoms with Gasteiger partial charge < -0.3 is 10.1 Å². The summed E-state index contributed by atoms with van der Waals surface area (Å²) in [5.41, 5.74) is 0. The van der Waals surface area contributed by atoms with E-state index >= 15 is 0 Å². The second-order valence-corrected chi connectivity index (χ2v) is 7.42. The second kappa shape index (κ2) is 6.19. The molecule has 0 saturated carbocycles. The molecule has 2 heterocycles. The predicted octanol–water partition coefficient (Wildman–Crippen LogP) is -0.189. The molecule has 0 radical (unpaired) electrons. The molecule has 2 fully saturated rings. The highest BCUT2D eigenvalue weighted by molar-refractivity contribution is 7.88. The zero-order valence-corrected chi connectivity index (χ0v) is 12.1. The molecular formula is C12H22N2O4S. The molecule has 7 heteroatoms. The molecule has 0 unspecified atom stereocenters. The molecule has 0 aliphatic carbocycles. The third-order valence-electron chi connectivity index (χ3n) is 3.81. The number of piperidine rings is 1. The van der Waals surface area contributed by atoms with Crippen molar-refractivity contribution < 1.29 is 17.9 Å². The van der Waals surface area contributed by atoms with Gasteiger partial charge in [0.2, 0.25) is 15.9 Å². The number of nitrogens with zero attached hydrogens (tertiary/aromatic N) is 1. The lowest BCUT2D eigenvalue weighted by atomic mass is 9.98. The molecule has 2 aliphatic heterocycles. The van der Waals surface area contributed by atoms with Crippen molar-refractivity contribution in [2.24, 2.45) is 11.8 Å². The molecule has 2 saturated heterocycles. The lowest BCUT2D eigenvalue weighted by Gasteiger charge is -2.30. The van der Waals surface area contributed by atoms with E-state index in [9.17, 15) is 13.2 Å².